The molecular formula is C21H22F2N10O8P2+2. The number of nitrogen functional groups attached to an aromatic ring is 2. The van der Waals surface area contributed by atoms with E-state index >= 15 is 8.78 Å². The van der Waals surface area contributed by atoms with Crippen molar-refractivity contribution in [3.63, 3.8) is 0 Å². The first-order valence-electron chi connectivity index (χ1n) is 12.7. The predicted molar refractivity (Wildman–Crippen MR) is 139 cm³/mol. The van der Waals surface area contributed by atoms with Crippen LogP contribution in [0.3, 0.4) is 0 Å². The first-order valence-corrected chi connectivity index (χ1v) is 14.9. The molecule has 11 atom stereocenters. The minimum atomic E-state index is -3.02. The zero-order chi connectivity index (χ0) is 30.0. The molecule has 22 heteroatoms. The van der Waals surface area contributed by atoms with Crippen LogP contribution in [0.2, 0.25) is 0 Å². The lowest BCUT2D eigenvalue weighted by molar-refractivity contribution is -0.0745. The molecular weight excluding hydrogens is 620 g/mol. The van der Waals surface area contributed by atoms with Crippen LogP contribution < -0.4 is 11.5 Å². The lowest BCUT2D eigenvalue weighted by Gasteiger charge is -2.18. The maximum Gasteiger partial charge on any atom is 0.698 e. The van der Waals surface area contributed by atoms with E-state index in [2.05, 4.69) is 29.9 Å². The average molecular weight is 642 g/mol. The summed E-state index contributed by atoms with van der Waals surface area (Å²) in [6.07, 6.45) is -8.49. The summed E-state index contributed by atoms with van der Waals surface area (Å²) in [5.41, 5.74) is 12.4. The van der Waals surface area contributed by atoms with E-state index in [1.807, 2.05) is 0 Å². The average Bonchev–Trinajstić information content (AvgIpc) is 3.73. The monoisotopic (exact) mass is 642 g/mol. The molecule has 0 amide bonds. The van der Waals surface area contributed by atoms with Crippen molar-refractivity contribution < 1.29 is 45.5 Å². The van der Waals surface area contributed by atoms with Gasteiger partial charge in [0.15, 0.2) is 59.9 Å². The second-order valence-corrected chi connectivity index (χ2v) is 11.6. The standard InChI is InChI=1S/C21H22F2N10O8P2/c1-7-13-15(10(23)21(38-13)33-6-31-12-17(25)27-4-29-19(12)33)41-42(34)36-2-8-14(40-43(35)39-7)9(22)20(37-8)32-5-30-11-16(24)26-3-28-18(11)32/h3-10,13-15,20-21H,2H2,1H3,(H2,24,26,28)(H2,25,27,29)/q+2/t7-,8?,9+,10+,13+,14+,15-,20+,21+/m0/s1. The van der Waals surface area contributed by atoms with Gasteiger partial charge in [0.1, 0.15) is 48.6 Å². The van der Waals surface area contributed by atoms with Crippen LogP contribution in [0, 0.1) is 0 Å². The Morgan fingerprint density at radius 3 is 1.95 bits per heavy atom. The van der Waals surface area contributed by atoms with Crippen molar-refractivity contribution in [1.29, 1.82) is 0 Å². The Morgan fingerprint density at radius 2 is 1.33 bits per heavy atom. The van der Waals surface area contributed by atoms with Gasteiger partial charge in [-0.1, -0.05) is 0 Å². The van der Waals surface area contributed by atoms with Crippen LogP contribution in [0.1, 0.15) is 19.4 Å². The van der Waals surface area contributed by atoms with Gasteiger partial charge in [0, 0.05) is 9.13 Å². The van der Waals surface area contributed by atoms with E-state index < -0.39 is 78.4 Å². The SMILES string of the molecule is C[C@@H]1O[P+](=O)O[C@@H]2C(CO[P+](=O)O[C@H]3[C@@H](F)[C@H](n4cnc5c(N)ncnc54)O[C@@H]31)O[C@@H](n1cnc3c(N)ncnc31)[C@@H]2F. The maximum atomic E-state index is 15.9. The Labute approximate surface area is 240 Å². The molecule has 43 heavy (non-hydrogen) atoms. The number of hydrogen-bond acceptors (Lipinski definition) is 16. The summed E-state index contributed by atoms with van der Waals surface area (Å²) in [6, 6.07) is 0. The number of fused-ring (bicyclic) bond motifs is 4. The van der Waals surface area contributed by atoms with E-state index in [9.17, 15) is 9.13 Å². The number of halogens is 2. The molecule has 7 heterocycles. The molecule has 3 aliphatic rings. The van der Waals surface area contributed by atoms with Crippen LogP contribution in [0.5, 0.6) is 0 Å². The summed E-state index contributed by atoms with van der Waals surface area (Å²) >= 11 is 0. The molecule has 3 unspecified atom stereocenters. The lowest BCUT2D eigenvalue weighted by atomic mass is 10.1. The number of imidazole rings is 2. The molecule has 4 aromatic rings. The number of nitrogens with zero attached hydrogens (tertiary/aromatic N) is 8. The summed E-state index contributed by atoms with van der Waals surface area (Å²) < 4.78 is 93.6. The number of hydrogen-bond donors (Lipinski definition) is 2. The fourth-order valence-corrected chi connectivity index (χ4v) is 6.90. The Bertz CT molecular complexity index is 1730. The lowest BCUT2D eigenvalue weighted by Crippen LogP contribution is -2.39. The highest BCUT2D eigenvalue weighted by Crippen LogP contribution is 2.47. The van der Waals surface area contributed by atoms with Crippen molar-refractivity contribution >= 4 is 50.5 Å². The summed E-state index contributed by atoms with van der Waals surface area (Å²) in [7, 11) is -6.03. The molecule has 3 fully saturated rings. The van der Waals surface area contributed by atoms with Crippen molar-refractivity contribution in [1.82, 2.24) is 39.0 Å². The molecule has 0 radical (unpaired) electrons. The Morgan fingerprint density at radius 1 is 0.767 bits per heavy atom. The second-order valence-electron chi connectivity index (χ2n) is 9.80. The number of ether oxygens (including phenoxy) is 2. The molecule has 18 nitrogen and oxygen atoms in total. The van der Waals surface area contributed by atoms with E-state index in [1.54, 1.807) is 0 Å². The van der Waals surface area contributed by atoms with Gasteiger partial charge < -0.3 is 20.9 Å². The third kappa shape index (κ3) is 4.79. The molecule has 7 rings (SSSR count). The Kier molecular flexibility index (Phi) is 7.18. The Hall–Kier alpha value is -3.48. The molecule has 4 aromatic heterocycles. The normalized spacial score (nSPS) is 35.5. The van der Waals surface area contributed by atoms with Gasteiger partial charge in [-0.15, -0.1) is 18.1 Å². The van der Waals surface area contributed by atoms with Crippen molar-refractivity contribution in [3.8, 4) is 0 Å². The van der Waals surface area contributed by atoms with Gasteiger partial charge >= 0.3 is 16.5 Å². The molecule has 0 spiro atoms. The third-order valence-corrected chi connectivity index (χ3v) is 8.97. The smallest absolute Gasteiger partial charge is 0.382 e. The molecule has 3 aliphatic heterocycles. The summed E-state index contributed by atoms with van der Waals surface area (Å²) in [4.78, 5) is 24.1. The van der Waals surface area contributed by atoms with Gasteiger partial charge in [-0.05, 0) is 6.92 Å². The van der Waals surface area contributed by atoms with Gasteiger partial charge in [-0.3, -0.25) is 9.13 Å². The topological polar surface area (TPSA) is 229 Å². The minimum absolute atomic E-state index is 0.0713. The summed E-state index contributed by atoms with van der Waals surface area (Å²) in [5.74, 6) is 0.143. The van der Waals surface area contributed by atoms with E-state index in [0.29, 0.717) is 0 Å². The summed E-state index contributed by atoms with van der Waals surface area (Å²) in [6.45, 7) is 0.874. The van der Waals surface area contributed by atoms with E-state index in [4.69, 9.17) is 39.0 Å². The summed E-state index contributed by atoms with van der Waals surface area (Å²) in [5, 5.41) is 0. The second kappa shape index (κ2) is 10.9. The predicted octanol–water partition coefficient (Wildman–Crippen LogP) is 1.82. The quantitative estimate of drug-likeness (QED) is 0.297. The largest absolute Gasteiger partial charge is 0.698 e. The zero-order valence-corrected chi connectivity index (χ0v) is 23.7. The molecule has 0 saturated carbocycles. The first kappa shape index (κ1) is 28.3. The van der Waals surface area contributed by atoms with Crippen LogP contribution in [-0.2, 0) is 36.7 Å². The minimum Gasteiger partial charge on any atom is -0.382 e. The van der Waals surface area contributed by atoms with Crippen LogP contribution >= 0.6 is 16.5 Å². The van der Waals surface area contributed by atoms with Gasteiger partial charge in [-0.2, -0.15) is 0 Å². The van der Waals surface area contributed by atoms with Gasteiger partial charge in [0.05, 0.1) is 12.7 Å². The van der Waals surface area contributed by atoms with Crippen molar-refractivity contribution in [2.45, 2.75) is 62.2 Å². The molecule has 4 N–H and O–H groups in total. The highest BCUT2D eigenvalue weighted by Gasteiger charge is 2.58. The highest BCUT2D eigenvalue weighted by molar-refractivity contribution is 7.33. The number of anilines is 2. The van der Waals surface area contributed by atoms with Crippen LogP contribution in [-0.4, -0.2) is 88.5 Å². The third-order valence-electron chi connectivity index (χ3n) is 7.27. The van der Waals surface area contributed by atoms with Crippen molar-refractivity contribution in [2.75, 3.05) is 18.1 Å². The molecule has 0 aliphatic carbocycles. The number of alkyl halides is 2. The maximum absolute atomic E-state index is 15.9. The molecule has 0 bridgehead atoms. The number of aromatic nitrogens is 8. The molecule has 0 aromatic carbocycles. The van der Waals surface area contributed by atoms with E-state index in [-0.39, 0.29) is 34.0 Å². The zero-order valence-electron chi connectivity index (χ0n) is 21.9. The van der Waals surface area contributed by atoms with Crippen molar-refractivity contribution in [2.24, 2.45) is 0 Å². The van der Waals surface area contributed by atoms with Gasteiger partial charge in [0.25, 0.3) is 0 Å². The molecule has 226 valence electrons. The van der Waals surface area contributed by atoms with Gasteiger partial charge in [0.2, 0.25) is 0 Å². The van der Waals surface area contributed by atoms with Gasteiger partial charge in [-0.25, -0.2) is 38.7 Å². The van der Waals surface area contributed by atoms with Crippen molar-refractivity contribution in [3.05, 3.63) is 25.3 Å². The fraction of sp³-hybridized carbons (Fsp3) is 0.524. The number of nitrogens with two attached hydrogens (primary N) is 2. The fourth-order valence-electron chi connectivity index (χ4n) is 5.25. The van der Waals surface area contributed by atoms with E-state index in [0.717, 1.165) is 0 Å². The first-order chi connectivity index (χ1) is 20.7. The van der Waals surface area contributed by atoms with E-state index in [1.165, 1.54) is 41.4 Å². The van der Waals surface area contributed by atoms with Crippen LogP contribution in [0.25, 0.3) is 22.3 Å². The Balaban J connectivity index is 1.14. The van der Waals surface area contributed by atoms with Crippen LogP contribution in [0.15, 0.2) is 25.3 Å². The molecule has 3 saturated heterocycles. The number of rotatable bonds is 2. The highest BCUT2D eigenvalue weighted by atomic mass is 31.1. The van der Waals surface area contributed by atoms with Crippen LogP contribution in [0.4, 0.5) is 20.4 Å².